The number of anilines is 2. The molecule has 6 heteroatoms. The Hall–Kier alpha value is -2.44. The Morgan fingerprint density at radius 1 is 1.29 bits per heavy atom. The number of rotatable bonds is 8. The van der Waals surface area contributed by atoms with Crippen LogP contribution in [0.25, 0.3) is 0 Å². The Labute approximate surface area is 185 Å². The van der Waals surface area contributed by atoms with E-state index in [1.54, 1.807) is 6.07 Å². The number of amides is 1. The lowest BCUT2D eigenvalue weighted by Gasteiger charge is -2.34. The summed E-state index contributed by atoms with van der Waals surface area (Å²) in [5.41, 5.74) is 4.40. The third-order valence-electron chi connectivity index (χ3n) is 6.01. The molecule has 1 aliphatic rings. The smallest absolute Gasteiger partial charge is 0.227 e. The summed E-state index contributed by atoms with van der Waals surface area (Å²) in [7, 11) is 0. The van der Waals surface area contributed by atoms with Gasteiger partial charge in [-0.2, -0.15) is 0 Å². The van der Waals surface area contributed by atoms with Gasteiger partial charge in [-0.05, 0) is 67.8 Å². The molecule has 0 spiro atoms. The van der Waals surface area contributed by atoms with Gasteiger partial charge in [0.25, 0.3) is 0 Å². The number of hydrogen-bond acceptors (Lipinski definition) is 4. The standard InChI is InChI=1S/C25H34FN3O2/c1-5-27-15-22-16-29(11-12-31-22)21-8-6-7-20(14-21)28-25(30)18(3)13-23-19(4)17(2)9-10-24(23)26/h6-10,14,18,22,27H,5,11-13,15-16H2,1-4H3,(H,28,30). The van der Waals surface area contributed by atoms with Crippen molar-refractivity contribution in [2.45, 2.75) is 40.2 Å². The van der Waals surface area contributed by atoms with Gasteiger partial charge in [0.15, 0.2) is 0 Å². The van der Waals surface area contributed by atoms with Crippen molar-refractivity contribution < 1.29 is 13.9 Å². The molecule has 0 aliphatic carbocycles. The van der Waals surface area contributed by atoms with E-state index in [2.05, 4.69) is 28.5 Å². The molecule has 2 N–H and O–H groups in total. The van der Waals surface area contributed by atoms with Gasteiger partial charge in [0.05, 0.1) is 12.7 Å². The fraction of sp³-hybridized carbons (Fsp3) is 0.480. The Kier molecular flexibility index (Phi) is 8.04. The zero-order valence-electron chi connectivity index (χ0n) is 19.0. The first-order chi connectivity index (χ1) is 14.9. The van der Waals surface area contributed by atoms with Gasteiger partial charge in [-0.15, -0.1) is 0 Å². The van der Waals surface area contributed by atoms with Crippen molar-refractivity contribution in [1.82, 2.24) is 5.32 Å². The first-order valence-electron chi connectivity index (χ1n) is 11.1. The second-order valence-corrected chi connectivity index (χ2v) is 8.36. The molecule has 0 bridgehead atoms. The highest BCUT2D eigenvalue weighted by Crippen LogP contribution is 2.24. The van der Waals surface area contributed by atoms with Crippen molar-refractivity contribution in [3.8, 4) is 0 Å². The summed E-state index contributed by atoms with van der Waals surface area (Å²) in [4.78, 5) is 15.1. The van der Waals surface area contributed by atoms with Crippen LogP contribution in [-0.4, -0.2) is 44.8 Å². The van der Waals surface area contributed by atoms with Gasteiger partial charge in [-0.25, -0.2) is 4.39 Å². The van der Waals surface area contributed by atoms with Crippen LogP contribution in [0.15, 0.2) is 36.4 Å². The number of nitrogens with zero attached hydrogens (tertiary/aromatic N) is 1. The van der Waals surface area contributed by atoms with Gasteiger partial charge in [0.2, 0.25) is 5.91 Å². The number of carbonyl (C=O) groups excluding carboxylic acids is 1. The van der Waals surface area contributed by atoms with Gasteiger partial charge in [-0.1, -0.05) is 26.0 Å². The van der Waals surface area contributed by atoms with Crippen LogP contribution >= 0.6 is 0 Å². The molecule has 2 aromatic rings. The molecule has 2 atom stereocenters. The molecule has 168 valence electrons. The predicted molar refractivity (Wildman–Crippen MR) is 124 cm³/mol. The maximum Gasteiger partial charge on any atom is 0.227 e. The van der Waals surface area contributed by atoms with Crippen LogP contribution in [0.4, 0.5) is 15.8 Å². The van der Waals surface area contributed by atoms with Crippen molar-refractivity contribution in [3.63, 3.8) is 0 Å². The molecule has 1 amide bonds. The number of nitrogens with one attached hydrogen (secondary N) is 2. The molecule has 0 aromatic heterocycles. The number of carbonyl (C=O) groups is 1. The van der Waals surface area contributed by atoms with E-state index >= 15 is 0 Å². The molecular formula is C25H34FN3O2. The van der Waals surface area contributed by atoms with Gasteiger partial charge in [-0.3, -0.25) is 4.79 Å². The molecule has 1 saturated heterocycles. The largest absolute Gasteiger partial charge is 0.373 e. The predicted octanol–water partition coefficient (Wildman–Crippen LogP) is 4.07. The average Bonchev–Trinajstić information content (AvgIpc) is 2.78. The minimum absolute atomic E-state index is 0.107. The first-order valence-corrected chi connectivity index (χ1v) is 11.1. The number of benzene rings is 2. The summed E-state index contributed by atoms with van der Waals surface area (Å²) in [5, 5.41) is 6.34. The third-order valence-corrected chi connectivity index (χ3v) is 6.01. The van der Waals surface area contributed by atoms with Gasteiger partial charge in [0.1, 0.15) is 5.82 Å². The zero-order chi connectivity index (χ0) is 22.4. The lowest BCUT2D eigenvalue weighted by molar-refractivity contribution is -0.119. The van der Waals surface area contributed by atoms with Crippen LogP contribution in [0.1, 0.15) is 30.5 Å². The van der Waals surface area contributed by atoms with Crippen LogP contribution in [0, 0.1) is 25.6 Å². The number of aryl methyl sites for hydroxylation is 1. The average molecular weight is 428 g/mol. The van der Waals surface area contributed by atoms with Crippen LogP contribution < -0.4 is 15.5 Å². The summed E-state index contributed by atoms with van der Waals surface area (Å²) < 4.78 is 20.1. The molecule has 5 nitrogen and oxygen atoms in total. The highest BCUT2D eigenvalue weighted by atomic mass is 19.1. The summed E-state index contributed by atoms with van der Waals surface area (Å²) in [6.07, 6.45) is 0.528. The molecule has 3 rings (SSSR count). The van der Waals surface area contributed by atoms with Gasteiger partial charge < -0.3 is 20.3 Å². The van der Waals surface area contributed by atoms with Crippen molar-refractivity contribution >= 4 is 17.3 Å². The Bertz CT molecular complexity index is 902. The summed E-state index contributed by atoms with van der Waals surface area (Å²) in [6, 6.07) is 11.2. The first kappa shape index (κ1) is 23.2. The molecular weight excluding hydrogens is 393 g/mol. The topological polar surface area (TPSA) is 53.6 Å². The molecule has 31 heavy (non-hydrogen) atoms. The fourth-order valence-corrected chi connectivity index (χ4v) is 3.92. The van der Waals surface area contributed by atoms with E-state index in [1.165, 1.54) is 6.07 Å². The molecule has 0 saturated carbocycles. The number of halogens is 1. The van der Waals surface area contributed by atoms with E-state index in [0.717, 1.165) is 48.7 Å². The normalized spacial score (nSPS) is 17.5. The van der Waals surface area contributed by atoms with E-state index in [4.69, 9.17) is 4.74 Å². The minimum Gasteiger partial charge on any atom is -0.373 e. The Balaban J connectivity index is 1.64. The van der Waals surface area contributed by atoms with Gasteiger partial charge in [0, 0.05) is 36.9 Å². The van der Waals surface area contributed by atoms with Crippen LogP contribution in [-0.2, 0) is 16.0 Å². The molecule has 1 aliphatic heterocycles. The highest BCUT2D eigenvalue weighted by molar-refractivity contribution is 5.93. The molecule has 1 fully saturated rings. The fourth-order valence-electron chi connectivity index (χ4n) is 3.92. The van der Waals surface area contributed by atoms with E-state index in [-0.39, 0.29) is 23.7 Å². The van der Waals surface area contributed by atoms with E-state index in [1.807, 2.05) is 39.0 Å². The van der Waals surface area contributed by atoms with Gasteiger partial charge >= 0.3 is 0 Å². The number of hydrogen-bond donors (Lipinski definition) is 2. The van der Waals surface area contributed by atoms with Crippen molar-refractivity contribution in [2.75, 3.05) is 43.0 Å². The minimum atomic E-state index is -0.341. The highest BCUT2D eigenvalue weighted by Gasteiger charge is 2.21. The zero-order valence-corrected chi connectivity index (χ0v) is 19.0. The molecule has 2 unspecified atom stereocenters. The van der Waals surface area contributed by atoms with Crippen molar-refractivity contribution in [1.29, 1.82) is 0 Å². The summed E-state index contributed by atoms with van der Waals surface area (Å²) in [6.45, 7) is 11.9. The Morgan fingerprint density at radius 3 is 2.87 bits per heavy atom. The monoisotopic (exact) mass is 427 g/mol. The SMILES string of the molecule is CCNCC1CN(c2cccc(NC(=O)C(C)Cc3c(F)ccc(C)c3C)c2)CCO1. The summed E-state index contributed by atoms with van der Waals surface area (Å²) in [5.74, 6) is -0.694. The van der Waals surface area contributed by atoms with Crippen molar-refractivity contribution in [2.24, 2.45) is 5.92 Å². The maximum atomic E-state index is 14.3. The number of ether oxygens (including phenoxy) is 1. The maximum absolute atomic E-state index is 14.3. The molecule has 2 aromatic carbocycles. The van der Waals surface area contributed by atoms with E-state index in [0.29, 0.717) is 18.6 Å². The van der Waals surface area contributed by atoms with E-state index in [9.17, 15) is 9.18 Å². The third kappa shape index (κ3) is 6.05. The molecule has 1 heterocycles. The van der Waals surface area contributed by atoms with Crippen LogP contribution in [0.3, 0.4) is 0 Å². The second kappa shape index (κ2) is 10.7. The molecule has 0 radical (unpaired) electrons. The van der Waals surface area contributed by atoms with E-state index < -0.39 is 0 Å². The number of morpholine rings is 1. The van der Waals surface area contributed by atoms with Crippen molar-refractivity contribution in [3.05, 3.63) is 58.9 Å². The van der Waals surface area contributed by atoms with Crippen LogP contribution in [0.2, 0.25) is 0 Å². The summed E-state index contributed by atoms with van der Waals surface area (Å²) >= 11 is 0. The lowest BCUT2D eigenvalue weighted by Crippen LogP contribution is -2.46. The number of likely N-dealkylation sites (N-methyl/N-ethyl adjacent to an activating group) is 1. The second-order valence-electron chi connectivity index (χ2n) is 8.36. The Morgan fingerprint density at radius 2 is 2.10 bits per heavy atom. The quantitative estimate of drug-likeness (QED) is 0.667. The lowest BCUT2D eigenvalue weighted by atomic mass is 9.94. The van der Waals surface area contributed by atoms with Crippen LogP contribution in [0.5, 0.6) is 0 Å².